The van der Waals surface area contributed by atoms with Crippen molar-refractivity contribution in [3.8, 4) is 0 Å². The molecule has 2 N–H and O–H groups in total. The van der Waals surface area contributed by atoms with Crippen molar-refractivity contribution in [2.24, 2.45) is 4.99 Å². The fraction of sp³-hybridized carbons (Fsp3) is 0.688. The van der Waals surface area contributed by atoms with Gasteiger partial charge in [0, 0.05) is 26.6 Å². The monoisotopic (exact) mass is 305 g/mol. The third-order valence-corrected chi connectivity index (χ3v) is 3.78. The zero-order valence-corrected chi connectivity index (χ0v) is 13.7. The molecule has 0 spiro atoms. The summed E-state index contributed by atoms with van der Waals surface area (Å²) in [4.78, 5) is 8.43. The van der Waals surface area contributed by atoms with Crippen LogP contribution in [0.15, 0.2) is 21.2 Å². The summed E-state index contributed by atoms with van der Waals surface area (Å²) in [6.45, 7) is 3.61. The van der Waals surface area contributed by atoms with E-state index in [-0.39, 0.29) is 0 Å². The smallest absolute Gasteiger partial charge is 0.226 e. The van der Waals surface area contributed by atoms with Crippen LogP contribution < -0.4 is 10.6 Å². The minimum Gasteiger partial charge on any atom is -0.356 e. The number of hydrogen-bond acceptors (Lipinski definition) is 4. The summed E-state index contributed by atoms with van der Waals surface area (Å²) in [6, 6.07) is 0. The van der Waals surface area contributed by atoms with Gasteiger partial charge in [-0.2, -0.15) is 4.98 Å². The molecule has 0 aliphatic heterocycles. The van der Waals surface area contributed by atoms with Crippen LogP contribution in [0.1, 0.15) is 50.2 Å². The number of nitrogens with zero attached hydrogens (tertiary/aromatic N) is 3. The highest BCUT2D eigenvalue weighted by atomic mass is 16.5. The largest absolute Gasteiger partial charge is 0.356 e. The number of nitrogens with one attached hydrogen (secondary N) is 2. The van der Waals surface area contributed by atoms with E-state index >= 15 is 0 Å². The third-order valence-electron chi connectivity index (χ3n) is 3.78. The minimum absolute atomic E-state index is 0.692. The summed E-state index contributed by atoms with van der Waals surface area (Å²) in [6.07, 6.45) is 10.4. The molecule has 0 aromatic carbocycles. The third kappa shape index (κ3) is 5.87. The molecule has 0 atom stereocenters. The Labute approximate surface area is 132 Å². The van der Waals surface area contributed by atoms with Crippen molar-refractivity contribution in [1.82, 2.24) is 20.8 Å². The predicted molar refractivity (Wildman–Crippen MR) is 87.9 cm³/mol. The zero-order valence-electron chi connectivity index (χ0n) is 13.7. The maximum Gasteiger partial charge on any atom is 0.226 e. The molecule has 1 aromatic rings. The highest BCUT2D eigenvalue weighted by Crippen LogP contribution is 2.19. The van der Waals surface area contributed by atoms with Gasteiger partial charge in [0.25, 0.3) is 0 Å². The van der Waals surface area contributed by atoms with Crippen molar-refractivity contribution < 1.29 is 4.52 Å². The van der Waals surface area contributed by atoms with E-state index in [1.54, 1.807) is 12.6 Å². The van der Waals surface area contributed by atoms with Gasteiger partial charge in [0.1, 0.15) is 0 Å². The average Bonchev–Trinajstić information content (AvgIpc) is 2.96. The van der Waals surface area contributed by atoms with Gasteiger partial charge >= 0.3 is 0 Å². The maximum atomic E-state index is 5.09. The molecule has 0 fully saturated rings. The Morgan fingerprint density at radius 1 is 1.27 bits per heavy atom. The van der Waals surface area contributed by atoms with Crippen LogP contribution in [0.4, 0.5) is 0 Å². The number of rotatable bonds is 7. The first kappa shape index (κ1) is 16.5. The van der Waals surface area contributed by atoms with Crippen LogP contribution in [0.2, 0.25) is 0 Å². The van der Waals surface area contributed by atoms with Gasteiger partial charge in [0.2, 0.25) is 5.89 Å². The number of aliphatic imine (C=N–C) groups is 1. The van der Waals surface area contributed by atoms with Gasteiger partial charge in [-0.25, -0.2) is 0 Å². The maximum absolute atomic E-state index is 5.09. The quantitative estimate of drug-likeness (QED) is 0.350. The standard InChI is InChI=1S/C16H27N5O/c1-13-20-15(22-21-13)9-6-11-18-16(17-2)19-12-10-14-7-4-3-5-8-14/h7H,3-6,8-12H2,1-2H3,(H2,17,18,19). The Kier molecular flexibility index (Phi) is 6.93. The molecular weight excluding hydrogens is 278 g/mol. The van der Waals surface area contributed by atoms with E-state index in [4.69, 9.17) is 4.52 Å². The number of hydrogen-bond donors (Lipinski definition) is 2. The van der Waals surface area contributed by atoms with Crippen LogP contribution in [-0.4, -0.2) is 36.2 Å². The molecule has 1 heterocycles. The molecule has 0 saturated heterocycles. The lowest BCUT2D eigenvalue weighted by atomic mass is 9.97. The predicted octanol–water partition coefficient (Wildman–Crippen LogP) is 2.37. The van der Waals surface area contributed by atoms with Crippen LogP contribution in [0.3, 0.4) is 0 Å². The van der Waals surface area contributed by atoms with Crippen LogP contribution in [0, 0.1) is 6.92 Å². The van der Waals surface area contributed by atoms with E-state index in [1.165, 1.54) is 25.7 Å². The summed E-state index contributed by atoms with van der Waals surface area (Å²) in [5, 5.41) is 10.5. The Bertz CT molecular complexity index is 506. The second-order valence-electron chi connectivity index (χ2n) is 5.62. The molecule has 1 aliphatic rings. The first-order valence-electron chi connectivity index (χ1n) is 8.19. The van der Waals surface area contributed by atoms with E-state index in [0.29, 0.717) is 11.7 Å². The van der Waals surface area contributed by atoms with E-state index in [0.717, 1.165) is 38.3 Å². The highest BCUT2D eigenvalue weighted by molar-refractivity contribution is 5.79. The van der Waals surface area contributed by atoms with Gasteiger partial charge in [-0.1, -0.05) is 16.8 Å². The second-order valence-corrected chi connectivity index (χ2v) is 5.62. The first-order chi connectivity index (χ1) is 10.8. The van der Waals surface area contributed by atoms with Crippen molar-refractivity contribution in [2.45, 2.75) is 51.9 Å². The van der Waals surface area contributed by atoms with Crippen LogP contribution in [0.25, 0.3) is 0 Å². The molecule has 2 rings (SSSR count). The molecule has 0 amide bonds. The highest BCUT2D eigenvalue weighted by Gasteiger charge is 2.05. The van der Waals surface area contributed by atoms with Crippen molar-refractivity contribution in [3.63, 3.8) is 0 Å². The summed E-state index contributed by atoms with van der Waals surface area (Å²) in [7, 11) is 1.80. The van der Waals surface area contributed by atoms with Crippen LogP contribution in [-0.2, 0) is 6.42 Å². The summed E-state index contributed by atoms with van der Waals surface area (Å²) < 4.78 is 5.09. The second kappa shape index (κ2) is 9.23. The fourth-order valence-corrected chi connectivity index (χ4v) is 2.58. The number of guanidine groups is 1. The van der Waals surface area contributed by atoms with Crippen molar-refractivity contribution in [1.29, 1.82) is 0 Å². The van der Waals surface area contributed by atoms with E-state index in [2.05, 4.69) is 31.8 Å². The lowest BCUT2D eigenvalue weighted by Crippen LogP contribution is -2.38. The lowest BCUT2D eigenvalue weighted by molar-refractivity contribution is 0.372. The van der Waals surface area contributed by atoms with E-state index < -0.39 is 0 Å². The normalized spacial score (nSPS) is 15.5. The Hall–Kier alpha value is -1.85. The van der Waals surface area contributed by atoms with Crippen LogP contribution in [0.5, 0.6) is 0 Å². The lowest BCUT2D eigenvalue weighted by Gasteiger charge is -2.15. The number of aromatic nitrogens is 2. The summed E-state index contributed by atoms with van der Waals surface area (Å²) in [5.41, 5.74) is 1.58. The van der Waals surface area contributed by atoms with E-state index in [9.17, 15) is 0 Å². The first-order valence-corrected chi connectivity index (χ1v) is 8.19. The van der Waals surface area contributed by atoms with Gasteiger partial charge < -0.3 is 15.2 Å². The van der Waals surface area contributed by atoms with Gasteiger partial charge in [0.15, 0.2) is 11.8 Å². The molecule has 1 aliphatic carbocycles. The SMILES string of the molecule is CN=C(NCCCc1nc(C)no1)NCCC1=CCCCC1. The van der Waals surface area contributed by atoms with Crippen LogP contribution >= 0.6 is 0 Å². The number of aryl methyl sites for hydroxylation is 2. The van der Waals surface area contributed by atoms with Crippen molar-refractivity contribution in [2.75, 3.05) is 20.1 Å². The molecule has 0 saturated carbocycles. The molecule has 1 aromatic heterocycles. The Balaban J connectivity index is 1.57. The Morgan fingerprint density at radius 2 is 2.14 bits per heavy atom. The Morgan fingerprint density at radius 3 is 2.82 bits per heavy atom. The number of allylic oxidation sites excluding steroid dienone is 1. The van der Waals surface area contributed by atoms with Gasteiger partial charge in [-0.15, -0.1) is 0 Å². The molecular formula is C16H27N5O. The van der Waals surface area contributed by atoms with Crippen molar-refractivity contribution >= 4 is 5.96 Å². The molecule has 0 unspecified atom stereocenters. The summed E-state index contributed by atoms with van der Waals surface area (Å²) in [5.74, 6) is 2.25. The molecule has 6 nitrogen and oxygen atoms in total. The fourth-order valence-electron chi connectivity index (χ4n) is 2.58. The molecule has 22 heavy (non-hydrogen) atoms. The molecule has 0 bridgehead atoms. The summed E-state index contributed by atoms with van der Waals surface area (Å²) >= 11 is 0. The molecule has 6 heteroatoms. The molecule has 122 valence electrons. The minimum atomic E-state index is 0.692. The average molecular weight is 305 g/mol. The van der Waals surface area contributed by atoms with Crippen molar-refractivity contribution in [3.05, 3.63) is 23.4 Å². The van der Waals surface area contributed by atoms with Gasteiger partial charge in [0.05, 0.1) is 0 Å². The van der Waals surface area contributed by atoms with Gasteiger partial charge in [-0.05, 0) is 45.4 Å². The van der Waals surface area contributed by atoms with E-state index in [1.807, 2.05) is 6.92 Å². The topological polar surface area (TPSA) is 75.3 Å². The zero-order chi connectivity index (χ0) is 15.6. The van der Waals surface area contributed by atoms with Gasteiger partial charge in [-0.3, -0.25) is 4.99 Å². The molecule has 0 radical (unpaired) electrons.